The van der Waals surface area contributed by atoms with Crippen molar-refractivity contribution >= 4 is 12.3 Å². The Bertz CT molecular complexity index is 343. The minimum Gasteiger partial charge on any atom is -0.460 e. The van der Waals surface area contributed by atoms with E-state index in [0.717, 1.165) is 6.29 Å². The third-order valence-electron chi connectivity index (χ3n) is 1.95. The molecule has 0 N–H and O–H groups in total. The van der Waals surface area contributed by atoms with Crippen LogP contribution in [0.25, 0.3) is 0 Å². The van der Waals surface area contributed by atoms with Crippen molar-refractivity contribution in [2.24, 2.45) is 0 Å². The average Bonchev–Trinajstić information content (AvgIpc) is 2.34. The van der Waals surface area contributed by atoms with Crippen LogP contribution in [0.1, 0.15) is 27.6 Å². The Labute approximate surface area is 94.2 Å². The van der Waals surface area contributed by atoms with Crippen LogP contribution in [0.5, 0.6) is 0 Å². The van der Waals surface area contributed by atoms with Gasteiger partial charge >= 0.3 is 5.97 Å². The molecule has 1 rings (SSSR count). The molecule has 0 bridgehead atoms. The molecule has 1 aromatic carbocycles. The first-order valence-corrected chi connectivity index (χ1v) is 5.08. The third kappa shape index (κ3) is 3.82. The fraction of sp³-hybridized carbons (Fsp3) is 0.333. The molecule has 0 fully saturated rings. The summed E-state index contributed by atoms with van der Waals surface area (Å²) < 4.78 is 9.98. The summed E-state index contributed by atoms with van der Waals surface area (Å²) in [6.45, 7) is 3.11. The molecular weight excluding hydrogens is 208 g/mol. The van der Waals surface area contributed by atoms with Crippen LogP contribution in [-0.2, 0) is 9.47 Å². The van der Waals surface area contributed by atoms with Gasteiger partial charge in [0.05, 0.1) is 12.2 Å². The zero-order chi connectivity index (χ0) is 11.8. The lowest BCUT2D eigenvalue weighted by Crippen LogP contribution is -2.10. The van der Waals surface area contributed by atoms with Crippen LogP contribution in [0.4, 0.5) is 0 Å². The molecule has 4 nitrogen and oxygen atoms in total. The minimum absolute atomic E-state index is 0.238. The molecule has 0 radical (unpaired) electrons. The number of aldehydes is 1. The van der Waals surface area contributed by atoms with E-state index in [9.17, 15) is 9.59 Å². The van der Waals surface area contributed by atoms with E-state index in [-0.39, 0.29) is 6.61 Å². The van der Waals surface area contributed by atoms with Gasteiger partial charge in [0, 0.05) is 12.2 Å². The number of benzene rings is 1. The molecule has 0 aliphatic carbocycles. The van der Waals surface area contributed by atoms with Crippen LogP contribution in [0.3, 0.4) is 0 Å². The molecule has 0 saturated heterocycles. The average molecular weight is 222 g/mol. The molecule has 4 heteroatoms. The first-order valence-electron chi connectivity index (χ1n) is 5.08. The van der Waals surface area contributed by atoms with E-state index in [2.05, 4.69) is 0 Å². The molecule has 0 heterocycles. The Kier molecular flexibility index (Phi) is 5.22. The van der Waals surface area contributed by atoms with E-state index < -0.39 is 5.97 Å². The minimum atomic E-state index is -0.405. The lowest BCUT2D eigenvalue weighted by atomic mass is 10.1. The second-order valence-corrected chi connectivity index (χ2v) is 3.07. The topological polar surface area (TPSA) is 52.6 Å². The van der Waals surface area contributed by atoms with Crippen LogP contribution in [-0.4, -0.2) is 32.1 Å². The van der Waals surface area contributed by atoms with Crippen molar-refractivity contribution < 1.29 is 19.1 Å². The van der Waals surface area contributed by atoms with Crippen molar-refractivity contribution in [1.29, 1.82) is 0 Å². The quantitative estimate of drug-likeness (QED) is 0.417. The van der Waals surface area contributed by atoms with Gasteiger partial charge in [-0.2, -0.15) is 0 Å². The maximum Gasteiger partial charge on any atom is 0.338 e. The number of carbonyl (C=O) groups is 2. The number of hydrogen-bond donors (Lipinski definition) is 0. The molecule has 0 spiro atoms. The number of hydrogen-bond acceptors (Lipinski definition) is 4. The lowest BCUT2D eigenvalue weighted by Gasteiger charge is -2.04. The second kappa shape index (κ2) is 6.74. The fourth-order valence-corrected chi connectivity index (χ4v) is 1.12. The molecule has 0 aromatic heterocycles. The fourth-order valence-electron chi connectivity index (χ4n) is 1.12. The first kappa shape index (κ1) is 12.4. The van der Waals surface area contributed by atoms with Gasteiger partial charge in [-0.1, -0.05) is 12.1 Å². The highest BCUT2D eigenvalue weighted by Gasteiger charge is 2.06. The van der Waals surface area contributed by atoms with Crippen LogP contribution >= 0.6 is 0 Å². The smallest absolute Gasteiger partial charge is 0.338 e. The van der Waals surface area contributed by atoms with E-state index in [1.807, 2.05) is 6.92 Å². The van der Waals surface area contributed by atoms with Crippen molar-refractivity contribution in [3.05, 3.63) is 35.4 Å². The van der Waals surface area contributed by atoms with Gasteiger partial charge < -0.3 is 9.47 Å². The van der Waals surface area contributed by atoms with Crippen LogP contribution < -0.4 is 0 Å². The van der Waals surface area contributed by atoms with Gasteiger partial charge in [0.1, 0.15) is 12.9 Å². The highest BCUT2D eigenvalue weighted by molar-refractivity contribution is 5.90. The van der Waals surface area contributed by atoms with Gasteiger partial charge in [0.25, 0.3) is 0 Å². The number of rotatable bonds is 6. The summed E-state index contributed by atoms with van der Waals surface area (Å²) in [5.74, 6) is -0.405. The molecule has 86 valence electrons. The summed E-state index contributed by atoms with van der Waals surface area (Å²) in [5, 5.41) is 0. The summed E-state index contributed by atoms with van der Waals surface area (Å²) in [7, 11) is 0. The maximum atomic E-state index is 11.4. The second-order valence-electron chi connectivity index (χ2n) is 3.07. The van der Waals surface area contributed by atoms with Crippen molar-refractivity contribution in [1.82, 2.24) is 0 Å². The van der Waals surface area contributed by atoms with Crippen molar-refractivity contribution in [3.8, 4) is 0 Å². The number of ether oxygens (including phenoxy) is 2. The molecule has 0 atom stereocenters. The summed E-state index contributed by atoms with van der Waals surface area (Å²) in [6, 6.07) is 6.28. The van der Waals surface area contributed by atoms with E-state index in [1.54, 1.807) is 24.3 Å². The van der Waals surface area contributed by atoms with Crippen LogP contribution in [0.2, 0.25) is 0 Å². The zero-order valence-electron chi connectivity index (χ0n) is 9.14. The van der Waals surface area contributed by atoms with E-state index in [0.29, 0.717) is 24.3 Å². The monoisotopic (exact) mass is 222 g/mol. The lowest BCUT2D eigenvalue weighted by molar-refractivity contribution is 0.0335. The molecule has 0 amide bonds. The Morgan fingerprint density at radius 2 is 1.94 bits per heavy atom. The standard InChI is InChI=1S/C12H14O4/c1-2-15-7-8-16-12(14)11-5-3-10(9-13)4-6-11/h3-6,9H,2,7-8H2,1H3. The van der Waals surface area contributed by atoms with Gasteiger partial charge in [-0.25, -0.2) is 4.79 Å². The van der Waals surface area contributed by atoms with Gasteiger partial charge in [0.2, 0.25) is 0 Å². The molecule has 1 aromatic rings. The Hall–Kier alpha value is -1.68. The van der Waals surface area contributed by atoms with Crippen LogP contribution in [0.15, 0.2) is 24.3 Å². The molecule has 0 aliphatic heterocycles. The molecule has 16 heavy (non-hydrogen) atoms. The van der Waals surface area contributed by atoms with Crippen molar-refractivity contribution in [3.63, 3.8) is 0 Å². The predicted molar refractivity (Wildman–Crippen MR) is 58.6 cm³/mol. The maximum absolute atomic E-state index is 11.4. The summed E-state index contributed by atoms with van der Waals surface area (Å²) >= 11 is 0. The predicted octanol–water partition coefficient (Wildman–Crippen LogP) is 1.69. The Morgan fingerprint density at radius 1 is 1.25 bits per heavy atom. The molecule has 0 saturated carbocycles. The Morgan fingerprint density at radius 3 is 2.50 bits per heavy atom. The third-order valence-corrected chi connectivity index (χ3v) is 1.95. The van der Waals surface area contributed by atoms with Crippen molar-refractivity contribution in [2.45, 2.75) is 6.92 Å². The Balaban J connectivity index is 2.43. The highest BCUT2D eigenvalue weighted by Crippen LogP contribution is 2.04. The summed E-state index contributed by atoms with van der Waals surface area (Å²) in [5.41, 5.74) is 0.966. The SMILES string of the molecule is CCOCCOC(=O)c1ccc(C=O)cc1. The molecule has 0 unspecified atom stereocenters. The summed E-state index contributed by atoms with van der Waals surface area (Å²) in [4.78, 5) is 21.8. The van der Waals surface area contributed by atoms with Crippen molar-refractivity contribution in [2.75, 3.05) is 19.8 Å². The zero-order valence-corrected chi connectivity index (χ0v) is 9.14. The highest BCUT2D eigenvalue weighted by atomic mass is 16.6. The van der Waals surface area contributed by atoms with Gasteiger partial charge in [0.15, 0.2) is 0 Å². The van der Waals surface area contributed by atoms with Gasteiger partial charge in [-0.15, -0.1) is 0 Å². The molecule has 0 aliphatic rings. The summed E-state index contributed by atoms with van der Waals surface area (Å²) in [6.07, 6.45) is 0.726. The normalized spacial score (nSPS) is 9.81. The molecular formula is C12H14O4. The van der Waals surface area contributed by atoms with E-state index >= 15 is 0 Å². The van der Waals surface area contributed by atoms with E-state index in [1.165, 1.54) is 0 Å². The van der Waals surface area contributed by atoms with Crippen LogP contribution in [0, 0.1) is 0 Å². The van der Waals surface area contributed by atoms with Gasteiger partial charge in [-0.3, -0.25) is 4.79 Å². The number of carbonyl (C=O) groups excluding carboxylic acids is 2. The largest absolute Gasteiger partial charge is 0.460 e. The van der Waals surface area contributed by atoms with Gasteiger partial charge in [-0.05, 0) is 19.1 Å². The number of esters is 1. The first-order chi connectivity index (χ1) is 7.77. The van der Waals surface area contributed by atoms with E-state index in [4.69, 9.17) is 9.47 Å².